The Kier molecular flexibility index (Phi) is 6.93. The van der Waals surface area contributed by atoms with E-state index in [-0.39, 0.29) is 17.6 Å². The number of fused-ring (bicyclic) bond motifs is 1. The van der Waals surface area contributed by atoms with E-state index in [0.29, 0.717) is 5.56 Å². The first-order chi connectivity index (χ1) is 18.5. The van der Waals surface area contributed by atoms with Crippen LogP contribution in [-0.2, 0) is 0 Å². The van der Waals surface area contributed by atoms with Crippen molar-refractivity contribution in [1.29, 1.82) is 0 Å². The van der Waals surface area contributed by atoms with Crippen molar-refractivity contribution in [3.8, 4) is 0 Å². The van der Waals surface area contributed by atoms with Crippen LogP contribution >= 0.6 is 11.6 Å². The minimum Gasteiger partial charge on any atom is -0.369 e. The summed E-state index contributed by atoms with van der Waals surface area (Å²) in [5.74, 6) is 0.766. The molecule has 2 aromatic carbocycles. The van der Waals surface area contributed by atoms with Crippen LogP contribution in [0.25, 0.3) is 10.9 Å². The zero-order chi connectivity index (χ0) is 26.2. The first-order valence-corrected chi connectivity index (χ1v) is 14.0. The summed E-state index contributed by atoms with van der Waals surface area (Å²) in [7, 11) is 0. The molecular formula is C29H34ClN7O. The van der Waals surface area contributed by atoms with Crippen molar-refractivity contribution in [3.05, 3.63) is 80.4 Å². The molecule has 6 rings (SSSR count). The largest absolute Gasteiger partial charge is 0.369 e. The number of benzene rings is 2. The molecule has 38 heavy (non-hydrogen) atoms. The van der Waals surface area contributed by atoms with E-state index in [1.165, 1.54) is 30.5 Å². The molecule has 2 aliphatic rings. The van der Waals surface area contributed by atoms with E-state index in [2.05, 4.69) is 49.4 Å². The van der Waals surface area contributed by atoms with Crippen molar-refractivity contribution in [2.45, 2.75) is 58.0 Å². The molecule has 198 valence electrons. The van der Waals surface area contributed by atoms with Crippen molar-refractivity contribution in [2.75, 3.05) is 31.1 Å². The maximum Gasteiger partial charge on any atom is 0.253 e. The molecule has 1 atom stereocenters. The van der Waals surface area contributed by atoms with Gasteiger partial charge in [0.15, 0.2) is 5.82 Å². The van der Waals surface area contributed by atoms with Gasteiger partial charge in [0.2, 0.25) is 0 Å². The van der Waals surface area contributed by atoms with Crippen LogP contribution in [0.3, 0.4) is 0 Å². The number of hydrogen-bond donors (Lipinski definition) is 1. The van der Waals surface area contributed by atoms with Gasteiger partial charge in [-0.1, -0.05) is 55.1 Å². The third-order valence-corrected chi connectivity index (χ3v) is 8.52. The highest BCUT2D eigenvalue weighted by Gasteiger charge is 2.34. The van der Waals surface area contributed by atoms with E-state index in [1.807, 2.05) is 41.9 Å². The number of para-hydroxylation sites is 1. The predicted octanol–water partition coefficient (Wildman–Crippen LogP) is 5.20. The van der Waals surface area contributed by atoms with Gasteiger partial charge in [0.05, 0.1) is 11.6 Å². The number of tetrazole rings is 1. The Balaban J connectivity index is 1.39. The quantitative estimate of drug-likeness (QED) is 0.381. The second-order valence-corrected chi connectivity index (χ2v) is 11.2. The number of aromatic amines is 1. The van der Waals surface area contributed by atoms with Crippen molar-refractivity contribution >= 4 is 28.2 Å². The zero-order valence-electron chi connectivity index (χ0n) is 22.0. The van der Waals surface area contributed by atoms with Crippen molar-refractivity contribution in [2.24, 2.45) is 0 Å². The van der Waals surface area contributed by atoms with Crippen LogP contribution in [0.15, 0.2) is 47.3 Å². The van der Waals surface area contributed by atoms with E-state index in [1.54, 1.807) is 0 Å². The molecule has 8 nitrogen and oxygen atoms in total. The van der Waals surface area contributed by atoms with Gasteiger partial charge in [-0.3, -0.25) is 9.69 Å². The van der Waals surface area contributed by atoms with Crippen LogP contribution in [0, 0.1) is 13.8 Å². The van der Waals surface area contributed by atoms with Crippen LogP contribution in [0.2, 0.25) is 5.02 Å². The summed E-state index contributed by atoms with van der Waals surface area (Å²) >= 11 is 6.33. The van der Waals surface area contributed by atoms with Crippen molar-refractivity contribution in [1.82, 2.24) is 30.1 Å². The second-order valence-electron chi connectivity index (χ2n) is 10.7. The average molecular weight is 532 g/mol. The molecule has 1 aliphatic carbocycles. The zero-order valence-corrected chi connectivity index (χ0v) is 22.8. The Morgan fingerprint density at radius 1 is 0.974 bits per heavy atom. The lowest BCUT2D eigenvalue weighted by molar-refractivity contribution is 0.192. The fourth-order valence-corrected chi connectivity index (χ4v) is 6.38. The Morgan fingerprint density at radius 3 is 2.55 bits per heavy atom. The van der Waals surface area contributed by atoms with Gasteiger partial charge in [0.25, 0.3) is 5.56 Å². The molecule has 1 aliphatic heterocycles. The summed E-state index contributed by atoms with van der Waals surface area (Å²) < 4.78 is 2.01. The van der Waals surface area contributed by atoms with E-state index < -0.39 is 0 Å². The molecule has 1 saturated heterocycles. The van der Waals surface area contributed by atoms with Crippen molar-refractivity contribution < 1.29 is 0 Å². The number of halogens is 1. The van der Waals surface area contributed by atoms with E-state index in [4.69, 9.17) is 11.6 Å². The monoisotopic (exact) mass is 531 g/mol. The number of aromatic nitrogens is 5. The number of aryl methyl sites for hydroxylation is 2. The highest BCUT2D eigenvalue weighted by atomic mass is 35.5. The van der Waals surface area contributed by atoms with Crippen molar-refractivity contribution in [3.63, 3.8) is 0 Å². The van der Waals surface area contributed by atoms with Gasteiger partial charge in [-0.2, -0.15) is 0 Å². The van der Waals surface area contributed by atoms with Gasteiger partial charge in [-0.25, -0.2) is 4.68 Å². The van der Waals surface area contributed by atoms with Gasteiger partial charge in [0.1, 0.15) is 6.04 Å². The Hall–Kier alpha value is -3.23. The number of hydrogen-bond acceptors (Lipinski definition) is 6. The molecule has 0 amide bonds. The fraction of sp³-hybridized carbons (Fsp3) is 0.448. The van der Waals surface area contributed by atoms with Gasteiger partial charge in [0, 0.05) is 42.5 Å². The standard InChI is InChI=1S/C29H34ClN7O/c1-19-11-12-22(30)18-25(19)35-13-15-36(16-14-35)27(28-32-33-34-37(28)23-9-4-3-5-10-23)24-17-21-8-6-7-20(2)26(21)31-29(24)38/h6-8,11-12,17-18,23,27H,3-5,9-10,13-16H2,1-2H3,(H,31,38)/t27-/m1/s1. The van der Waals surface area contributed by atoms with Crippen LogP contribution in [0.5, 0.6) is 0 Å². The Morgan fingerprint density at radius 2 is 1.76 bits per heavy atom. The smallest absolute Gasteiger partial charge is 0.253 e. The number of rotatable bonds is 5. The molecular weight excluding hydrogens is 498 g/mol. The van der Waals surface area contributed by atoms with Crippen LogP contribution in [0.1, 0.15) is 66.7 Å². The molecule has 9 heteroatoms. The molecule has 0 spiro atoms. The number of nitrogens with one attached hydrogen (secondary N) is 1. The first-order valence-electron chi connectivity index (χ1n) is 13.6. The topological polar surface area (TPSA) is 82.9 Å². The van der Waals surface area contributed by atoms with Gasteiger partial charge in [-0.15, -0.1) is 5.10 Å². The lowest BCUT2D eigenvalue weighted by Crippen LogP contribution is -2.49. The SMILES string of the molecule is Cc1ccc(Cl)cc1N1CCN([C@H](c2cc3cccc(C)c3[nH]c2=O)c2nnnn2C2CCCCC2)CC1. The third-order valence-electron chi connectivity index (χ3n) is 8.29. The van der Waals surface area contributed by atoms with Gasteiger partial charge < -0.3 is 9.88 Å². The molecule has 0 radical (unpaired) electrons. The lowest BCUT2D eigenvalue weighted by atomic mass is 9.95. The Bertz CT molecular complexity index is 1500. The van der Waals surface area contributed by atoms with E-state index in [9.17, 15) is 4.79 Å². The number of nitrogens with zero attached hydrogens (tertiary/aromatic N) is 6. The Labute approximate surface area is 227 Å². The normalized spacial score (nSPS) is 18.2. The molecule has 0 bridgehead atoms. The van der Waals surface area contributed by atoms with E-state index in [0.717, 1.165) is 66.3 Å². The molecule has 2 fully saturated rings. The summed E-state index contributed by atoms with van der Waals surface area (Å²) in [5.41, 5.74) is 4.93. The summed E-state index contributed by atoms with van der Waals surface area (Å²) in [4.78, 5) is 21.6. The summed E-state index contributed by atoms with van der Waals surface area (Å²) in [6, 6.07) is 14.2. The maximum atomic E-state index is 13.6. The van der Waals surface area contributed by atoms with Gasteiger partial charge in [-0.05, 0) is 71.8 Å². The highest BCUT2D eigenvalue weighted by molar-refractivity contribution is 6.30. The minimum absolute atomic E-state index is 0.0805. The second kappa shape index (κ2) is 10.5. The highest BCUT2D eigenvalue weighted by Crippen LogP contribution is 2.34. The number of pyridine rings is 1. The maximum absolute atomic E-state index is 13.6. The van der Waals surface area contributed by atoms with Crippen LogP contribution in [0.4, 0.5) is 5.69 Å². The summed E-state index contributed by atoms with van der Waals surface area (Å²) in [5, 5.41) is 14.9. The third kappa shape index (κ3) is 4.71. The first kappa shape index (κ1) is 25.1. The molecule has 1 saturated carbocycles. The van der Waals surface area contributed by atoms with Crippen LogP contribution < -0.4 is 10.5 Å². The number of piperazine rings is 1. The molecule has 3 heterocycles. The summed E-state index contributed by atoms with van der Waals surface area (Å²) in [6.45, 7) is 7.35. The molecule has 4 aromatic rings. The predicted molar refractivity (Wildman–Crippen MR) is 151 cm³/mol. The molecule has 2 aromatic heterocycles. The average Bonchev–Trinajstić information content (AvgIpc) is 3.41. The lowest BCUT2D eigenvalue weighted by Gasteiger charge is -2.40. The number of H-pyrrole nitrogens is 1. The summed E-state index contributed by atoms with van der Waals surface area (Å²) in [6.07, 6.45) is 5.76. The fourth-order valence-electron chi connectivity index (χ4n) is 6.21. The van der Waals surface area contributed by atoms with Gasteiger partial charge >= 0.3 is 0 Å². The van der Waals surface area contributed by atoms with Crippen LogP contribution in [-0.4, -0.2) is 56.3 Å². The molecule has 0 unspecified atom stereocenters. The minimum atomic E-state index is -0.330. The van der Waals surface area contributed by atoms with E-state index >= 15 is 0 Å². The molecule has 1 N–H and O–H groups in total. The number of anilines is 1.